The highest BCUT2D eigenvalue weighted by Gasteiger charge is 2.12. The third kappa shape index (κ3) is 4.15. The average Bonchev–Trinajstić information content (AvgIpc) is 2.60. The topological polar surface area (TPSA) is 90.3 Å². The Bertz CT molecular complexity index is 984. The molecule has 0 aliphatic carbocycles. The van der Waals surface area contributed by atoms with Crippen LogP contribution in [-0.4, -0.2) is 20.2 Å². The van der Waals surface area contributed by atoms with Gasteiger partial charge in [-0.15, -0.1) is 0 Å². The molecule has 27 heavy (non-hydrogen) atoms. The number of nitrogens with zero attached hydrogens (tertiary/aromatic N) is 2. The standard InChI is InChI=1S/C18H15Cl2FN4O2/c1-8-3-10(5-12(19)15(8)26)23-17-14(21)7-22-18(25-17)24-11-4-9(2)16(27)13(20)6-11/h3-7,26-27H,1-2H3,(H2,22,23,24,25). The highest BCUT2D eigenvalue weighted by atomic mass is 35.5. The van der Waals surface area contributed by atoms with Gasteiger partial charge in [-0.3, -0.25) is 0 Å². The zero-order chi connectivity index (χ0) is 19.7. The summed E-state index contributed by atoms with van der Waals surface area (Å²) < 4.78 is 14.1. The first-order chi connectivity index (χ1) is 12.7. The number of aryl methyl sites for hydroxylation is 2. The number of phenolic OH excluding ortho intramolecular Hbond substituents is 2. The number of hydrogen-bond donors (Lipinski definition) is 4. The largest absolute Gasteiger partial charge is 0.506 e. The van der Waals surface area contributed by atoms with Crippen molar-refractivity contribution in [3.05, 3.63) is 57.5 Å². The van der Waals surface area contributed by atoms with Crippen LogP contribution in [0.4, 0.5) is 27.5 Å². The molecule has 2 aromatic carbocycles. The van der Waals surface area contributed by atoms with Gasteiger partial charge in [-0.05, 0) is 49.2 Å². The van der Waals surface area contributed by atoms with Crippen LogP contribution in [0, 0.1) is 19.7 Å². The van der Waals surface area contributed by atoms with Gasteiger partial charge in [-0.25, -0.2) is 9.37 Å². The van der Waals surface area contributed by atoms with Gasteiger partial charge < -0.3 is 20.8 Å². The van der Waals surface area contributed by atoms with Gasteiger partial charge >= 0.3 is 0 Å². The van der Waals surface area contributed by atoms with E-state index in [1.807, 2.05) is 0 Å². The summed E-state index contributed by atoms with van der Waals surface area (Å²) in [5, 5.41) is 25.5. The second-order valence-corrected chi connectivity index (χ2v) is 6.70. The fourth-order valence-corrected chi connectivity index (χ4v) is 2.93. The molecule has 3 aromatic rings. The number of aromatic nitrogens is 2. The first-order valence-corrected chi connectivity index (χ1v) is 8.55. The van der Waals surface area contributed by atoms with Crippen molar-refractivity contribution in [2.45, 2.75) is 13.8 Å². The lowest BCUT2D eigenvalue weighted by atomic mass is 10.2. The first kappa shape index (κ1) is 19.0. The van der Waals surface area contributed by atoms with Crippen molar-refractivity contribution in [1.29, 1.82) is 0 Å². The summed E-state index contributed by atoms with van der Waals surface area (Å²) in [6.07, 6.45) is 1.02. The molecule has 1 aromatic heterocycles. The van der Waals surface area contributed by atoms with Crippen LogP contribution in [0.25, 0.3) is 0 Å². The van der Waals surface area contributed by atoms with Gasteiger partial charge in [0.05, 0.1) is 16.2 Å². The average molecular weight is 409 g/mol. The SMILES string of the molecule is Cc1cc(Nc2ncc(F)c(Nc3cc(C)c(O)c(Cl)c3)n2)cc(Cl)c1O. The van der Waals surface area contributed by atoms with Crippen LogP contribution in [0.15, 0.2) is 30.5 Å². The number of phenols is 2. The molecule has 0 saturated carbocycles. The van der Waals surface area contributed by atoms with Crippen molar-refractivity contribution in [2.75, 3.05) is 10.6 Å². The third-order valence-electron chi connectivity index (χ3n) is 3.77. The van der Waals surface area contributed by atoms with Crippen LogP contribution in [0.5, 0.6) is 11.5 Å². The van der Waals surface area contributed by atoms with Gasteiger partial charge in [0.1, 0.15) is 11.5 Å². The summed E-state index contributed by atoms with van der Waals surface area (Å²) in [4.78, 5) is 8.00. The highest BCUT2D eigenvalue weighted by molar-refractivity contribution is 6.32. The molecule has 6 nitrogen and oxygen atoms in total. The molecular formula is C18H15Cl2FN4O2. The van der Waals surface area contributed by atoms with Crippen molar-refractivity contribution < 1.29 is 14.6 Å². The van der Waals surface area contributed by atoms with Gasteiger partial charge in [0.25, 0.3) is 0 Å². The Hall–Kier alpha value is -2.77. The Morgan fingerprint density at radius 1 is 0.889 bits per heavy atom. The Balaban J connectivity index is 1.89. The van der Waals surface area contributed by atoms with E-state index in [9.17, 15) is 14.6 Å². The van der Waals surface area contributed by atoms with Gasteiger partial charge in [-0.2, -0.15) is 4.98 Å². The molecule has 0 atom stereocenters. The van der Waals surface area contributed by atoms with Gasteiger partial charge in [0, 0.05) is 11.4 Å². The van der Waals surface area contributed by atoms with Gasteiger partial charge in [0.15, 0.2) is 11.6 Å². The van der Waals surface area contributed by atoms with Crippen molar-refractivity contribution >= 4 is 46.3 Å². The van der Waals surface area contributed by atoms with Crippen molar-refractivity contribution in [3.63, 3.8) is 0 Å². The number of anilines is 4. The van der Waals surface area contributed by atoms with Crippen LogP contribution >= 0.6 is 23.2 Å². The lowest BCUT2D eigenvalue weighted by molar-refractivity contribution is 0.471. The minimum atomic E-state index is -0.665. The minimum Gasteiger partial charge on any atom is -0.506 e. The number of benzene rings is 2. The van der Waals surface area contributed by atoms with E-state index in [1.54, 1.807) is 26.0 Å². The smallest absolute Gasteiger partial charge is 0.229 e. The van der Waals surface area contributed by atoms with E-state index in [4.69, 9.17) is 23.2 Å². The lowest BCUT2D eigenvalue weighted by Crippen LogP contribution is -2.03. The molecule has 0 unspecified atom stereocenters. The molecule has 4 N–H and O–H groups in total. The predicted molar refractivity (Wildman–Crippen MR) is 104 cm³/mol. The molecule has 0 aliphatic rings. The fraction of sp³-hybridized carbons (Fsp3) is 0.111. The number of hydrogen-bond acceptors (Lipinski definition) is 6. The van der Waals surface area contributed by atoms with Crippen LogP contribution in [-0.2, 0) is 0 Å². The summed E-state index contributed by atoms with van der Waals surface area (Å²) >= 11 is 11.9. The molecule has 0 spiro atoms. The van der Waals surface area contributed by atoms with Crippen LogP contribution < -0.4 is 10.6 Å². The second-order valence-electron chi connectivity index (χ2n) is 5.89. The van der Waals surface area contributed by atoms with Crippen molar-refractivity contribution in [2.24, 2.45) is 0 Å². The maximum absolute atomic E-state index is 14.1. The first-order valence-electron chi connectivity index (χ1n) is 7.79. The summed E-state index contributed by atoms with van der Waals surface area (Å²) in [6, 6.07) is 6.23. The Morgan fingerprint density at radius 2 is 1.41 bits per heavy atom. The monoisotopic (exact) mass is 408 g/mol. The van der Waals surface area contributed by atoms with E-state index in [-0.39, 0.29) is 33.3 Å². The fourth-order valence-electron chi connectivity index (χ4n) is 2.40. The van der Waals surface area contributed by atoms with Crippen LogP contribution in [0.2, 0.25) is 10.0 Å². The molecule has 9 heteroatoms. The minimum absolute atomic E-state index is 0.0100. The summed E-state index contributed by atoms with van der Waals surface area (Å²) in [5.74, 6) is -0.657. The summed E-state index contributed by atoms with van der Waals surface area (Å²) in [5.41, 5.74) is 2.10. The van der Waals surface area contributed by atoms with Crippen molar-refractivity contribution in [1.82, 2.24) is 9.97 Å². The molecule has 1 heterocycles. The molecule has 0 radical (unpaired) electrons. The molecule has 0 saturated heterocycles. The quantitative estimate of drug-likeness (QED) is 0.429. The van der Waals surface area contributed by atoms with Gasteiger partial charge in [0.2, 0.25) is 5.95 Å². The molecule has 3 rings (SSSR count). The second kappa shape index (κ2) is 7.46. The number of aromatic hydroxyl groups is 2. The Morgan fingerprint density at radius 3 is 1.93 bits per heavy atom. The zero-order valence-electron chi connectivity index (χ0n) is 14.3. The van der Waals surface area contributed by atoms with Crippen molar-refractivity contribution in [3.8, 4) is 11.5 Å². The maximum Gasteiger partial charge on any atom is 0.229 e. The lowest BCUT2D eigenvalue weighted by Gasteiger charge is -2.12. The zero-order valence-corrected chi connectivity index (χ0v) is 15.8. The number of nitrogens with one attached hydrogen (secondary N) is 2. The Kier molecular flexibility index (Phi) is 5.25. The summed E-state index contributed by atoms with van der Waals surface area (Å²) in [7, 11) is 0. The highest BCUT2D eigenvalue weighted by Crippen LogP contribution is 2.33. The number of rotatable bonds is 4. The van der Waals surface area contributed by atoms with E-state index in [0.29, 0.717) is 22.5 Å². The molecule has 0 amide bonds. The molecular weight excluding hydrogens is 394 g/mol. The molecule has 0 fully saturated rings. The van der Waals surface area contributed by atoms with E-state index in [0.717, 1.165) is 6.20 Å². The molecule has 0 aliphatic heterocycles. The molecule has 140 valence electrons. The van der Waals surface area contributed by atoms with E-state index in [2.05, 4.69) is 20.6 Å². The normalized spacial score (nSPS) is 10.7. The molecule has 0 bridgehead atoms. The van der Waals surface area contributed by atoms with Crippen LogP contribution in [0.1, 0.15) is 11.1 Å². The van der Waals surface area contributed by atoms with E-state index >= 15 is 0 Å². The third-order valence-corrected chi connectivity index (χ3v) is 4.35. The van der Waals surface area contributed by atoms with E-state index in [1.165, 1.54) is 12.1 Å². The maximum atomic E-state index is 14.1. The number of halogens is 3. The van der Waals surface area contributed by atoms with E-state index < -0.39 is 5.82 Å². The predicted octanol–water partition coefficient (Wildman–Crippen LogP) is 5.44. The van der Waals surface area contributed by atoms with Gasteiger partial charge in [-0.1, -0.05) is 23.2 Å². The Labute approximate surface area is 164 Å². The van der Waals surface area contributed by atoms with Crippen LogP contribution in [0.3, 0.4) is 0 Å². The summed E-state index contributed by atoms with van der Waals surface area (Å²) in [6.45, 7) is 3.37.